The fourth-order valence-electron chi connectivity index (χ4n) is 3.19. The van der Waals surface area contributed by atoms with Crippen molar-refractivity contribution in [2.75, 3.05) is 5.32 Å². The molecule has 162 valence electrons. The molecule has 0 aromatic heterocycles. The topological polar surface area (TPSA) is 118 Å². The first-order valence-electron chi connectivity index (χ1n) is 10.00. The molecule has 1 atom stereocenters. The van der Waals surface area contributed by atoms with Crippen molar-refractivity contribution in [3.05, 3.63) is 101 Å². The van der Waals surface area contributed by atoms with Crippen LogP contribution in [0.3, 0.4) is 0 Å². The van der Waals surface area contributed by atoms with Crippen LogP contribution in [0.2, 0.25) is 0 Å². The summed E-state index contributed by atoms with van der Waals surface area (Å²) in [6, 6.07) is 21.2. The van der Waals surface area contributed by atoms with Crippen molar-refractivity contribution in [1.82, 2.24) is 5.32 Å². The molecule has 0 heterocycles. The van der Waals surface area contributed by atoms with Gasteiger partial charge in [0, 0.05) is 35.7 Å². The number of hydrogen-bond acceptors (Lipinski definition) is 4. The molecule has 3 amide bonds. The predicted octanol–water partition coefficient (Wildman–Crippen LogP) is 2.70. The Kier molecular flexibility index (Phi) is 7.13. The van der Waals surface area contributed by atoms with Gasteiger partial charge in [-0.25, -0.2) is 0 Å². The summed E-state index contributed by atoms with van der Waals surface area (Å²) in [7, 11) is 0. The molecule has 0 spiro atoms. The van der Waals surface area contributed by atoms with Gasteiger partial charge in [-0.15, -0.1) is 0 Å². The molecule has 3 aromatic carbocycles. The van der Waals surface area contributed by atoms with E-state index >= 15 is 0 Å². The lowest BCUT2D eigenvalue weighted by molar-refractivity contribution is -0.119. The highest BCUT2D eigenvalue weighted by atomic mass is 16.2. The van der Waals surface area contributed by atoms with E-state index in [9.17, 15) is 19.2 Å². The van der Waals surface area contributed by atoms with Crippen LogP contribution in [-0.4, -0.2) is 29.5 Å². The standard InChI is InChI=1S/C25H23N3O4/c1-16(29)27-21-9-5-8-20(15-21)25(32)28-22(24(26)31)14-17-10-12-19(13-11-17)23(30)18-6-3-2-4-7-18/h2-13,15,22H,14H2,1H3,(H2,26,31)(H,27,29)(H,28,32)/t22-/m1/s1. The second kappa shape index (κ2) is 10.2. The average Bonchev–Trinajstić information content (AvgIpc) is 2.79. The minimum Gasteiger partial charge on any atom is -0.368 e. The van der Waals surface area contributed by atoms with Crippen LogP contribution in [0, 0.1) is 0 Å². The molecule has 3 aromatic rings. The van der Waals surface area contributed by atoms with Gasteiger partial charge in [0.1, 0.15) is 6.04 Å². The molecule has 0 bridgehead atoms. The van der Waals surface area contributed by atoms with Crippen LogP contribution in [0.5, 0.6) is 0 Å². The normalized spacial score (nSPS) is 11.3. The van der Waals surface area contributed by atoms with Crippen molar-refractivity contribution in [3.63, 3.8) is 0 Å². The van der Waals surface area contributed by atoms with E-state index in [4.69, 9.17) is 5.73 Å². The molecule has 4 N–H and O–H groups in total. The number of hydrogen-bond donors (Lipinski definition) is 3. The van der Waals surface area contributed by atoms with E-state index in [0.29, 0.717) is 16.8 Å². The fraction of sp³-hybridized carbons (Fsp3) is 0.120. The minimum absolute atomic E-state index is 0.101. The first-order chi connectivity index (χ1) is 15.3. The van der Waals surface area contributed by atoms with Gasteiger partial charge in [-0.1, -0.05) is 60.7 Å². The summed E-state index contributed by atoms with van der Waals surface area (Å²) in [6.07, 6.45) is 0.173. The maximum Gasteiger partial charge on any atom is 0.252 e. The van der Waals surface area contributed by atoms with Gasteiger partial charge in [-0.3, -0.25) is 19.2 Å². The van der Waals surface area contributed by atoms with Crippen LogP contribution in [0.15, 0.2) is 78.9 Å². The zero-order chi connectivity index (χ0) is 23.1. The summed E-state index contributed by atoms with van der Waals surface area (Å²) in [4.78, 5) is 48.3. The monoisotopic (exact) mass is 429 g/mol. The molecule has 0 saturated heterocycles. The lowest BCUT2D eigenvalue weighted by Crippen LogP contribution is -2.45. The van der Waals surface area contributed by atoms with Gasteiger partial charge in [0.25, 0.3) is 5.91 Å². The Bertz CT molecular complexity index is 1140. The van der Waals surface area contributed by atoms with E-state index in [1.165, 1.54) is 13.0 Å². The van der Waals surface area contributed by atoms with Crippen molar-refractivity contribution in [3.8, 4) is 0 Å². The molecular formula is C25H23N3O4. The zero-order valence-electron chi connectivity index (χ0n) is 17.5. The Morgan fingerprint density at radius 3 is 2.06 bits per heavy atom. The lowest BCUT2D eigenvalue weighted by atomic mass is 9.99. The smallest absolute Gasteiger partial charge is 0.252 e. The number of carbonyl (C=O) groups is 4. The third kappa shape index (κ3) is 5.89. The Balaban J connectivity index is 1.69. The van der Waals surface area contributed by atoms with Crippen molar-refractivity contribution in [1.29, 1.82) is 0 Å². The molecule has 0 radical (unpaired) electrons. The van der Waals surface area contributed by atoms with Gasteiger partial charge >= 0.3 is 0 Å². The van der Waals surface area contributed by atoms with E-state index in [1.807, 2.05) is 6.07 Å². The van der Waals surface area contributed by atoms with Crippen LogP contribution < -0.4 is 16.4 Å². The van der Waals surface area contributed by atoms with Gasteiger partial charge in [0.2, 0.25) is 11.8 Å². The van der Waals surface area contributed by atoms with E-state index < -0.39 is 17.9 Å². The van der Waals surface area contributed by atoms with Crippen LogP contribution in [0.1, 0.15) is 38.8 Å². The number of primary amides is 1. The van der Waals surface area contributed by atoms with Gasteiger partial charge in [-0.05, 0) is 23.8 Å². The maximum absolute atomic E-state index is 12.6. The molecule has 0 aliphatic carbocycles. The number of carbonyl (C=O) groups excluding carboxylic acids is 4. The van der Waals surface area contributed by atoms with E-state index in [0.717, 1.165) is 5.56 Å². The largest absolute Gasteiger partial charge is 0.368 e. The van der Waals surface area contributed by atoms with E-state index in [1.54, 1.807) is 66.7 Å². The molecule has 32 heavy (non-hydrogen) atoms. The number of nitrogens with one attached hydrogen (secondary N) is 2. The molecule has 0 unspecified atom stereocenters. The first kappa shape index (κ1) is 22.4. The molecule has 0 aliphatic rings. The highest BCUT2D eigenvalue weighted by Gasteiger charge is 2.20. The number of anilines is 1. The van der Waals surface area contributed by atoms with E-state index in [-0.39, 0.29) is 23.7 Å². The fourth-order valence-corrected chi connectivity index (χ4v) is 3.19. The van der Waals surface area contributed by atoms with Crippen molar-refractivity contribution >= 4 is 29.2 Å². The van der Waals surface area contributed by atoms with Crippen LogP contribution in [0.25, 0.3) is 0 Å². The third-order valence-corrected chi connectivity index (χ3v) is 4.79. The summed E-state index contributed by atoms with van der Waals surface area (Å²) in [5.74, 6) is -1.53. The molecule has 7 nitrogen and oxygen atoms in total. The average molecular weight is 429 g/mol. The van der Waals surface area contributed by atoms with Crippen LogP contribution in [0.4, 0.5) is 5.69 Å². The van der Waals surface area contributed by atoms with Crippen molar-refractivity contribution < 1.29 is 19.2 Å². The highest BCUT2D eigenvalue weighted by molar-refractivity contribution is 6.09. The quantitative estimate of drug-likeness (QED) is 0.477. The number of benzene rings is 3. The zero-order valence-corrected chi connectivity index (χ0v) is 17.5. The van der Waals surface area contributed by atoms with Gasteiger partial charge in [0.15, 0.2) is 5.78 Å². The summed E-state index contributed by atoms with van der Waals surface area (Å²) in [5, 5.41) is 5.24. The summed E-state index contributed by atoms with van der Waals surface area (Å²) in [5.41, 5.74) is 8.10. The third-order valence-electron chi connectivity index (χ3n) is 4.79. The van der Waals surface area contributed by atoms with Gasteiger partial charge in [0.05, 0.1) is 0 Å². The lowest BCUT2D eigenvalue weighted by Gasteiger charge is -2.16. The molecule has 7 heteroatoms. The number of rotatable bonds is 8. The highest BCUT2D eigenvalue weighted by Crippen LogP contribution is 2.14. The Morgan fingerprint density at radius 1 is 0.812 bits per heavy atom. The Morgan fingerprint density at radius 2 is 1.44 bits per heavy atom. The molecule has 3 rings (SSSR count). The first-order valence-corrected chi connectivity index (χ1v) is 10.00. The summed E-state index contributed by atoms with van der Waals surface area (Å²) < 4.78 is 0. The Hall–Kier alpha value is -4.26. The number of nitrogens with two attached hydrogens (primary N) is 1. The van der Waals surface area contributed by atoms with Crippen molar-refractivity contribution in [2.24, 2.45) is 5.73 Å². The Labute approximate surface area is 185 Å². The number of ketones is 1. The molecule has 0 fully saturated rings. The van der Waals surface area contributed by atoms with Gasteiger partial charge in [-0.2, -0.15) is 0 Å². The minimum atomic E-state index is -0.942. The molecule has 0 aliphatic heterocycles. The second-order valence-electron chi connectivity index (χ2n) is 7.29. The summed E-state index contributed by atoms with van der Waals surface area (Å²) >= 11 is 0. The second-order valence-corrected chi connectivity index (χ2v) is 7.29. The molecule has 0 saturated carbocycles. The van der Waals surface area contributed by atoms with Crippen LogP contribution >= 0.6 is 0 Å². The summed E-state index contributed by atoms with van der Waals surface area (Å²) in [6.45, 7) is 1.37. The van der Waals surface area contributed by atoms with Crippen LogP contribution in [-0.2, 0) is 16.0 Å². The maximum atomic E-state index is 12.6. The SMILES string of the molecule is CC(=O)Nc1cccc(C(=O)N[C@H](Cc2ccc(C(=O)c3ccccc3)cc2)C(N)=O)c1. The predicted molar refractivity (Wildman–Crippen MR) is 121 cm³/mol. The van der Waals surface area contributed by atoms with Gasteiger partial charge < -0.3 is 16.4 Å². The van der Waals surface area contributed by atoms with E-state index in [2.05, 4.69) is 10.6 Å². The van der Waals surface area contributed by atoms with Crippen molar-refractivity contribution in [2.45, 2.75) is 19.4 Å². The molecular weight excluding hydrogens is 406 g/mol. The number of amides is 3.